The average Bonchev–Trinajstić information content (AvgIpc) is 3.29. The quantitative estimate of drug-likeness (QED) is 0.802. The fraction of sp³-hybridized carbons (Fsp3) is 0.474. The van der Waals surface area contributed by atoms with E-state index in [0.717, 1.165) is 24.9 Å². The van der Waals surface area contributed by atoms with Gasteiger partial charge in [0.1, 0.15) is 6.54 Å². The van der Waals surface area contributed by atoms with Gasteiger partial charge in [0.15, 0.2) is 5.03 Å². The maximum atomic E-state index is 12.8. The van der Waals surface area contributed by atoms with E-state index in [0.29, 0.717) is 25.6 Å². The molecule has 0 N–H and O–H groups in total. The van der Waals surface area contributed by atoms with Crippen LogP contribution in [0.25, 0.3) is 0 Å². The molecule has 0 unspecified atom stereocenters. The van der Waals surface area contributed by atoms with Crippen LogP contribution >= 0.6 is 0 Å². The number of rotatable bonds is 4. The molecule has 1 aromatic carbocycles. The van der Waals surface area contributed by atoms with Gasteiger partial charge in [0.05, 0.1) is 6.33 Å². The first-order valence-electron chi connectivity index (χ1n) is 9.35. The lowest BCUT2D eigenvalue weighted by Crippen LogP contribution is -2.38. The summed E-state index contributed by atoms with van der Waals surface area (Å²) in [5.74, 6) is 0.489. The van der Waals surface area contributed by atoms with Gasteiger partial charge in [-0.05, 0) is 36.8 Å². The second-order valence-corrected chi connectivity index (χ2v) is 9.28. The van der Waals surface area contributed by atoms with Gasteiger partial charge >= 0.3 is 0 Å². The van der Waals surface area contributed by atoms with Gasteiger partial charge in [0, 0.05) is 31.5 Å². The van der Waals surface area contributed by atoms with Crippen LogP contribution in [0.1, 0.15) is 25.3 Å². The number of carbonyl (C=O) groups is 1. The van der Waals surface area contributed by atoms with Crippen molar-refractivity contribution in [1.29, 1.82) is 0 Å². The average molecular weight is 388 g/mol. The van der Waals surface area contributed by atoms with Crippen LogP contribution in [0.15, 0.2) is 41.8 Å². The molecule has 2 aliphatic heterocycles. The second-order valence-electron chi connectivity index (χ2n) is 7.39. The number of hydrogen-bond donors (Lipinski definition) is 0. The topological polar surface area (TPSA) is 75.5 Å². The van der Waals surface area contributed by atoms with E-state index in [1.807, 2.05) is 24.3 Å². The Morgan fingerprint density at radius 1 is 1.19 bits per heavy atom. The highest BCUT2D eigenvalue weighted by Crippen LogP contribution is 2.28. The second kappa shape index (κ2) is 7.09. The van der Waals surface area contributed by atoms with Crippen LogP contribution in [0.4, 0.5) is 5.69 Å². The van der Waals surface area contributed by atoms with Crippen LogP contribution in [-0.4, -0.2) is 47.8 Å². The Labute approximate surface area is 159 Å². The fourth-order valence-corrected chi connectivity index (χ4v) is 5.16. The van der Waals surface area contributed by atoms with Crippen LogP contribution in [0.2, 0.25) is 0 Å². The zero-order valence-electron chi connectivity index (χ0n) is 15.4. The minimum atomic E-state index is -3.59. The molecule has 0 saturated carbocycles. The third-order valence-electron chi connectivity index (χ3n) is 5.46. The molecule has 0 atom stereocenters. The van der Waals surface area contributed by atoms with Crippen molar-refractivity contribution in [2.75, 3.05) is 24.5 Å². The van der Waals surface area contributed by atoms with E-state index in [1.165, 1.54) is 22.4 Å². The molecule has 0 radical (unpaired) electrons. The molecule has 27 heavy (non-hydrogen) atoms. The Morgan fingerprint density at radius 2 is 1.93 bits per heavy atom. The van der Waals surface area contributed by atoms with Crippen molar-refractivity contribution in [3.63, 3.8) is 0 Å². The molecule has 7 nitrogen and oxygen atoms in total. The van der Waals surface area contributed by atoms with Gasteiger partial charge in [-0.2, -0.15) is 4.31 Å². The van der Waals surface area contributed by atoms with Crippen molar-refractivity contribution in [2.45, 2.75) is 37.8 Å². The molecule has 2 aromatic rings. The lowest BCUT2D eigenvalue weighted by molar-refractivity contribution is -0.119. The van der Waals surface area contributed by atoms with E-state index < -0.39 is 10.0 Å². The lowest BCUT2D eigenvalue weighted by Gasteiger charge is -2.28. The summed E-state index contributed by atoms with van der Waals surface area (Å²) in [6, 6.07) is 7.87. The molecule has 0 aliphatic carbocycles. The molecular weight excluding hydrogens is 364 g/mol. The van der Waals surface area contributed by atoms with Crippen LogP contribution < -0.4 is 4.90 Å². The van der Waals surface area contributed by atoms with Crippen molar-refractivity contribution in [2.24, 2.45) is 5.92 Å². The highest BCUT2D eigenvalue weighted by Gasteiger charge is 2.30. The van der Waals surface area contributed by atoms with Crippen LogP contribution in [-0.2, 0) is 27.8 Å². The highest BCUT2D eigenvalue weighted by atomic mass is 32.2. The molecule has 144 valence electrons. The molecule has 2 aliphatic rings. The monoisotopic (exact) mass is 388 g/mol. The fourth-order valence-electron chi connectivity index (χ4n) is 3.76. The molecule has 0 spiro atoms. The zero-order chi connectivity index (χ0) is 19.0. The SMILES string of the molecule is CC1CCN(S(=O)(=O)c2cn(CC(=O)N3CCc4ccccc43)cn2)CC1. The molecule has 3 heterocycles. The van der Waals surface area contributed by atoms with Crippen LogP contribution in [0.5, 0.6) is 0 Å². The number of para-hydroxylation sites is 1. The first kappa shape index (κ1) is 18.2. The summed E-state index contributed by atoms with van der Waals surface area (Å²) < 4.78 is 28.6. The maximum Gasteiger partial charge on any atom is 0.262 e. The normalized spacial score (nSPS) is 18.6. The van der Waals surface area contributed by atoms with Crippen molar-refractivity contribution in [3.05, 3.63) is 42.4 Å². The van der Waals surface area contributed by atoms with Crippen molar-refractivity contribution in [1.82, 2.24) is 13.9 Å². The number of fused-ring (bicyclic) bond motifs is 1. The minimum Gasteiger partial charge on any atom is -0.327 e. The summed E-state index contributed by atoms with van der Waals surface area (Å²) in [4.78, 5) is 18.5. The summed E-state index contributed by atoms with van der Waals surface area (Å²) >= 11 is 0. The Kier molecular flexibility index (Phi) is 4.77. The molecule has 1 fully saturated rings. The number of aromatic nitrogens is 2. The summed E-state index contributed by atoms with van der Waals surface area (Å²) in [5, 5.41) is 0.0201. The smallest absolute Gasteiger partial charge is 0.262 e. The summed E-state index contributed by atoms with van der Waals surface area (Å²) in [6.07, 6.45) is 5.48. The van der Waals surface area contributed by atoms with Gasteiger partial charge in [-0.1, -0.05) is 25.1 Å². The highest BCUT2D eigenvalue weighted by molar-refractivity contribution is 7.89. The number of hydrogen-bond acceptors (Lipinski definition) is 4. The Hall–Kier alpha value is -2.19. The molecule has 0 bridgehead atoms. The first-order chi connectivity index (χ1) is 12.9. The molecular formula is C19H24N4O3S. The van der Waals surface area contributed by atoms with Gasteiger partial charge in [0.2, 0.25) is 5.91 Å². The third kappa shape index (κ3) is 3.51. The van der Waals surface area contributed by atoms with Gasteiger partial charge in [-0.15, -0.1) is 0 Å². The van der Waals surface area contributed by atoms with E-state index in [9.17, 15) is 13.2 Å². The number of carbonyl (C=O) groups excluding carboxylic acids is 1. The maximum absolute atomic E-state index is 12.8. The molecule has 1 aromatic heterocycles. The van der Waals surface area contributed by atoms with Gasteiger partial charge in [-0.3, -0.25) is 4.79 Å². The van der Waals surface area contributed by atoms with Gasteiger partial charge < -0.3 is 9.47 Å². The van der Waals surface area contributed by atoms with Crippen molar-refractivity contribution < 1.29 is 13.2 Å². The van der Waals surface area contributed by atoms with Gasteiger partial charge in [-0.25, -0.2) is 13.4 Å². The molecule has 4 rings (SSSR count). The predicted octanol–water partition coefficient (Wildman–Crippen LogP) is 1.89. The Bertz CT molecular complexity index is 945. The largest absolute Gasteiger partial charge is 0.327 e. The van der Waals surface area contributed by atoms with E-state index >= 15 is 0 Å². The third-order valence-corrected chi connectivity index (χ3v) is 7.25. The van der Waals surface area contributed by atoms with E-state index in [-0.39, 0.29) is 17.5 Å². The van der Waals surface area contributed by atoms with E-state index in [1.54, 1.807) is 9.47 Å². The predicted molar refractivity (Wildman–Crippen MR) is 102 cm³/mol. The number of piperidine rings is 1. The number of amides is 1. The molecule has 1 amide bonds. The summed E-state index contributed by atoms with van der Waals surface area (Å²) in [6.45, 7) is 3.93. The lowest BCUT2D eigenvalue weighted by atomic mass is 10.0. The Morgan fingerprint density at radius 3 is 2.70 bits per heavy atom. The summed E-state index contributed by atoms with van der Waals surface area (Å²) in [7, 11) is -3.59. The Balaban J connectivity index is 1.46. The number of sulfonamides is 1. The number of anilines is 1. The summed E-state index contributed by atoms with van der Waals surface area (Å²) in [5.41, 5.74) is 2.11. The number of benzene rings is 1. The zero-order valence-corrected chi connectivity index (χ0v) is 16.2. The first-order valence-corrected chi connectivity index (χ1v) is 10.8. The number of nitrogens with zero attached hydrogens (tertiary/aromatic N) is 4. The van der Waals surface area contributed by atoms with Gasteiger partial charge in [0.25, 0.3) is 10.0 Å². The van der Waals surface area contributed by atoms with Crippen LogP contribution in [0.3, 0.4) is 0 Å². The minimum absolute atomic E-state index is 0.0201. The van der Waals surface area contributed by atoms with Crippen LogP contribution in [0, 0.1) is 5.92 Å². The number of imidazole rings is 1. The van der Waals surface area contributed by atoms with E-state index in [4.69, 9.17) is 0 Å². The van der Waals surface area contributed by atoms with E-state index in [2.05, 4.69) is 11.9 Å². The van der Waals surface area contributed by atoms with Crippen molar-refractivity contribution in [3.8, 4) is 0 Å². The molecule has 1 saturated heterocycles. The molecule has 8 heteroatoms. The van der Waals surface area contributed by atoms with Crippen molar-refractivity contribution >= 4 is 21.6 Å². The standard InChI is InChI=1S/C19H24N4O3S/c1-15-6-9-22(10-7-15)27(25,26)18-12-21(14-20-18)13-19(24)23-11-8-16-4-2-3-5-17(16)23/h2-5,12,14-15H,6-11,13H2,1H3.